The van der Waals surface area contributed by atoms with E-state index in [1.807, 2.05) is 0 Å². The highest BCUT2D eigenvalue weighted by Gasteiger charge is 2.13. The van der Waals surface area contributed by atoms with Crippen molar-refractivity contribution in [1.82, 2.24) is 4.98 Å². The quantitative estimate of drug-likeness (QED) is 0.743. The predicted octanol–water partition coefficient (Wildman–Crippen LogP) is 4.52. The highest BCUT2D eigenvalue weighted by molar-refractivity contribution is 9.10. The Kier molecular flexibility index (Phi) is 5.01. The van der Waals surface area contributed by atoms with E-state index in [0.717, 1.165) is 4.47 Å². The lowest BCUT2D eigenvalue weighted by Gasteiger charge is -2.09. The van der Waals surface area contributed by atoms with Gasteiger partial charge in [0.05, 0.1) is 18.4 Å². The summed E-state index contributed by atoms with van der Waals surface area (Å²) in [4.78, 5) is 16.2. The lowest BCUT2D eigenvalue weighted by molar-refractivity contribution is 0.102. The molecule has 4 nitrogen and oxygen atoms in total. The van der Waals surface area contributed by atoms with Crippen molar-refractivity contribution in [3.05, 3.63) is 50.1 Å². The normalized spacial score (nSPS) is 10.2. The molecule has 7 heteroatoms. The molecule has 0 saturated carbocycles. The van der Waals surface area contributed by atoms with Crippen LogP contribution in [0.5, 0.6) is 5.75 Å². The Morgan fingerprint density at radius 2 is 2.10 bits per heavy atom. The Bertz CT molecular complexity index is 665. The summed E-state index contributed by atoms with van der Waals surface area (Å²) in [6.07, 6.45) is 1.56. The molecular weight excluding hydrogens is 411 g/mol. The number of aromatic nitrogens is 1. The number of nitrogens with zero attached hydrogens (tertiary/aromatic N) is 1. The van der Waals surface area contributed by atoms with Gasteiger partial charge < -0.3 is 10.1 Å². The first-order valence-corrected chi connectivity index (χ1v) is 7.43. The van der Waals surface area contributed by atoms with Gasteiger partial charge in [0.15, 0.2) is 5.15 Å². The van der Waals surface area contributed by atoms with Crippen LogP contribution in [0.15, 0.2) is 39.4 Å². The van der Waals surface area contributed by atoms with E-state index < -0.39 is 0 Å². The fraction of sp³-hybridized carbons (Fsp3) is 0.0769. The third kappa shape index (κ3) is 3.50. The van der Waals surface area contributed by atoms with E-state index in [9.17, 15) is 4.79 Å². The summed E-state index contributed by atoms with van der Waals surface area (Å²) in [6, 6.07) is 6.82. The third-order valence-electron chi connectivity index (χ3n) is 2.47. The number of benzene rings is 1. The molecule has 0 spiro atoms. The summed E-state index contributed by atoms with van der Waals surface area (Å²) in [5.74, 6) is 0.286. The Hall–Kier alpha value is -1.11. The van der Waals surface area contributed by atoms with Gasteiger partial charge in [0, 0.05) is 15.1 Å². The van der Waals surface area contributed by atoms with Crippen molar-refractivity contribution < 1.29 is 9.53 Å². The van der Waals surface area contributed by atoms with E-state index in [1.165, 1.54) is 0 Å². The SMILES string of the molecule is COc1ccc(Br)c(C(=O)Nc2cc(Br)cnc2Cl)c1. The molecule has 0 aliphatic heterocycles. The number of amides is 1. The minimum atomic E-state index is -0.308. The average Bonchev–Trinajstić information content (AvgIpc) is 2.43. The monoisotopic (exact) mass is 418 g/mol. The van der Waals surface area contributed by atoms with E-state index in [4.69, 9.17) is 16.3 Å². The van der Waals surface area contributed by atoms with E-state index >= 15 is 0 Å². The van der Waals surface area contributed by atoms with Crippen LogP contribution in [0.4, 0.5) is 5.69 Å². The molecule has 0 fully saturated rings. The number of carbonyl (C=O) groups excluding carboxylic acids is 1. The van der Waals surface area contributed by atoms with E-state index in [2.05, 4.69) is 42.2 Å². The van der Waals surface area contributed by atoms with Gasteiger partial charge in [-0.2, -0.15) is 0 Å². The van der Waals surface area contributed by atoms with Crippen LogP contribution >= 0.6 is 43.5 Å². The zero-order valence-corrected chi connectivity index (χ0v) is 14.2. The Morgan fingerprint density at radius 3 is 2.80 bits per heavy atom. The number of ether oxygens (including phenoxy) is 1. The second-order valence-electron chi connectivity index (χ2n) is 3.79. The summed E-state index contributed by atoms with van der Waals surface area (Å²) < 4.78 is 6.49. The molecule has 0 unspecified atom stereocenters. The minimum absolute atomic E-state index is 0.223. The van der Waals surface area contributed by atoms with E-state index in [0.29, 0.717) is 21.5 Å². The minimum Gasteiger partial charge on any atom is -0.497 e. The van der Waals surface area contributed by atoms with Crippen LogP contribution in [0, 0.1) is 0 Å². The highest BCUT2D eigenvalue weighted by Crippen LogP contribution is 2.26. The van der Waals surface area contributed by atoms with Crippen molar-refractivity contribution in [2.45, 2.75) is 0 Å². The lowest BCUT2D eigenvalue weighted by atomic mass is 10.2. The largest absolute Gasteiger partial charge is 0.497 e. The fourth-order valence-corrected chi connectivity index (χ4v) is 2.41. The van der Waals surface area contributed by atoms with Crippen LogP contribution in [-0.2, 0) is 0 Å². The van der Waals surface area contributed by atoms with E-state index in [1.54, 1.807) is 37.6 Å². The Morgan fingerprint density at radius 1 is 1.35 bits per heavy atom. The second kappa shape index (κ2) is 6.56. The van der Waals surface area contributed by atoms with Crippen molar-refractivity contribution in [2.75, 3.05) is 12.4 Å². The number of nitrogens with one attached hydrogen (secondary N) is 1. The van der Waals surface area contributed by atoms with Gasteiger partial charge in [-0.05, 0) is 56.1 Å². The molecule has 0 radical (unpaired) electrons. The van der Waals surface area contributed by atoms with Gasteiger partial charge in [-0.3, -0.25) is 4.79 Å². The molecule has 0 bridgehead atoms. The van der Waals surface area contributed by atoms with Gasteiger partial charge in [0.25, 0.3) is 5.91 Å². The topological polar surface area (TPSA) is 51.2 Å². The summed E-state index contributed by atoms with van der Waals surface area (Å²) in [6.45, 7) is 0. The highest BCUT2D eigenvalue weighted by atomic mass is 79.9. The molecule has 1 aromatic carbocycles. The third-order valence-corrected chi connectivity index (χ3v) is 3.90. The van der Waals surface area contributed by atoms with Crippen LogP contribution in [0.2, 0.25) is 5.15 Å². The van der Waals surface area contributed by atoms with Gasteiger partial charge in [0.2, 0.25) is 0 Å². The van der Waals surface area contributed by atoms with Crippen LogP contribution in [-0.4, -0.2) is 18.0 Å². The fourth-order valence-electron chi connectivity index (χ4n) is 1.51. The van der Waals surface area contributed by atoms with Gasteiger partial charge >= 0.3 is 0 Å². The number of methoxy groups -OCH3 is 1. The molecule has 1 heterocycles. The molecule has 20 heavy (non-hydrogen) atoms. The Labute approximate surface area is 137 Å². The molecule has 104 valence electrons. The zero-order chi connectivity index (χ0) is 14.7. The van der Waals surface area contributed by atoms with Crippen molar-refractivity contribution >= 4 is 55.1 Å². The summed E-state index contributed by atoms with van der Waals surface area (Å²) >= 11 is 12.6. The molecular formula is C13H9Br2ClN2O2. The number of rotatable bonds is 3. The maximum Gasteiger partial charge on any atom is 0.257 e. The first-order valence-electron chi connectivity index (χ1n) is 5.47. The predicted molar refractivity (Wildman–Crippen MR) is 85.6 cm³/mol. The summed E-state index contributed by atoms with van der Waals surface area (Å²) in [7, 11) is 1.54. The molecule has 2 rings (SSSR count). The van der Waals surface area contributed by atoms with Crippen LogP contribution in [0.25, 0.3) is 0 Å². The van der Waals surface area contributed by atoms with Gasteiger partial charge in [0.1, 0.15) is 5.75 Å². The number of hydrogen-bond donors (Lipinski definition) is 1. The van der Waals surface area contributed by atoms with Crippen LogP contribution < -0.4 is 10.1 Å². The number of anilines is 1. The zero-order valence-electron chi connectivity index (χ0n) is 10.3. The second-order valence-corrected chi connectivity index (χ2v) is 5.92. The first-order chi connectivity index (χ1) is 9.51. The average molecular weight is 420 g/mol. The molecule has 0 atom stereocenters. The van der Waals surface area contributed by atoms with Crippen molar-refractivity contribution in [3.8, 4) is 5.75 Å². The number of hydrogen-bond acceptors (Lipinski definition) is 3. The molecule has 0 aliphatic rings. The maximum atomic E-state index is 12.3. The lowest BCUT2D eigenvalue weighted by Crippen LogP contribution is -2.13. The Balaban J connectivity index is 2.30. The van der Waals surface area contributed by atoms with Crippen molar-refractivity contribution in [2.24, 2.45) is 0 Å². The molecule has 2 aromatic rings. The van der Waals surface area contributed by atoms with Crippen LogP contribution in [0.3, 0.4) is 0 Å². The molecule has 0 aliphatic carbocycles. The van der Waals surface area contributed by atoms with Gasteiger partial charge in [-0.1, -0.05) is 11.6 Å². The maximum absolute atomic E-state index is 12.3. The van der Waals surface area contributed by atoms with Crippen molar-refractivity contribution in [1.29, 1.82) is 0 Å². The molecule has 0 saturated heterocycles. The van der Waals surface area contributed by atoms with Gasteiger partial charge in [-0.25, -0.2) is 4.98 Å². The standard InChI is InChI=1S/C13H9Br2ClN2O2/c1-20-8-2-3-10(15)9(5-8)13(19)18-11-4-7(14)6-17-12(11)16/h2-6H,1H3,(H,18,19). The van der Waals surface area contributed by atoms with Crippen molar-refractivity contribution in [3.63, 3.8) is 0 Å². The van der Waals surface area contributed by atoms with Gasteiger partial charge in [-0.15, -0.1) is 0 Å². The molecule has 1 aromatic heterocycles. The summed E-state index contributed by atoms with van der Waals surface area (Å²) in [5.41, 5.74) is 0.876. The van der Waals surface area contributed by atoms with E-state index in [-0.39, 0.29) is 11.1 Å². The number of carbonyl (C=O) groups is 1. The summed E-state index contributed by atoms with van der Waals surface area (Å²) in [5, 5.41) is 2.93. The number of halogens is 3. The number of pyridine rings is 1. The first kappa shape index (κ1) is 15.3. The smallest absolute Gasteiger partial charge is 0.257 e. The van der Waals surface area contributed by atoms with Crippen LogP contribution in [0.1, 0.15) is 10.4 Å². The molecule has 1 N–H and O–H groups in total. The molecule has 1 amide bonds.